The Kier molecular flexibility index (Phi) is 7.61. The summed E-state index contributed by atoms with van der Waals surface area (Å²) in [5.74, 6) is -0.395. The Bertz CT molecular complexity index is 7550. The van der Waals surface area contributed by atoms with Gasteiger partial charge in [0.15, 0.2) is 16.1 Å². The van der Waals surface area contributed by atoms with Crippen molar-refractivity contribution in [1.82, 2.24) is 14.1 Å². The number of rotatable bonds is 15. The number of ether oxygens (including phenoxy) is 1. The number of hydrogen-bond donors (Lipinski definition) is 0. The molecule has 13 aromatic carbocycles. The van der Waals surface area contributed by atoms with Gasteiger partial charge in [0.05, 0.1) is 68.8 Å². The molecule has 0 saturated carbocycles. The third-order valence-corrected chi connectivity index (χ3v) is 23.5. The van der Waals surface area contributed by atoms with Gasteiger partial charge in [0.2, 0.25) is 0 Å². The first kappa shape index (κ1) is 28.2. The largest absolute Gasteiger partial charge is 0.510 e. The van der Waals surface area contributed by atoms with Crippen LogP contribution in [0.5, 0.6) is 11.5 Å². The van der Waals surface area contributed by atoms with Crippen LogP contribution in [-0.4, -0.2) is 30.3 Å². The van der Waals surface area contributed by atoms with Crippen molar-refractivity contribution in [3.63, 3.8) is 0 Å². The van der Waals surface area contributed by atoms with Crippen LogP contribution in [0, 0.1) is 32.2 Å². The number of aryl methyl sites for hydroxylation is 2. The minimum absolute atomic E-state index is 0. The Morgan fingerprint density at radius 2 is 0.926 bits per heavy atom. The number of hydrogen-bond acceptors (Lipinski definition) is 2. The summed E-state index contributed by atoms with van der Waals surface area (Å²) in [5, 5.41) is -8.11. The van der Waals surface area contributed by atoms with Gasteiger partial charge in [0.25, 0.3) is 6.33 Å². The molecule has 0 aliphatic carbocycles. The number of para-hydroxylation sites is 4. The maximum Gasteiger partial charge on any atom is 0.268 e. The summed E-state index contributed by atoms with van der Waals surface area (Å²) >= 11 is 0. The van der Waals surface area contributed by atoms with Gasteiger partial charge in [-0.3, -0.25) is 4.57 Å². The summed E-state index contributed by atoms with van der Waals surface area (Å²) in [4.78, 5) is 4.74. The fraction of sp³-hybridized carbons (Fsp3) is 0.0233. The van der Waals surface area contributed by atoms with E-state index in [1.165, 1.54) is 56.2 Å². The van der Waals surface area contributed by atoms with Gasteiger partial charge in [-0.1, -0.05) is 296 Å². The molecule has 0 N–H and O–H groups in total. The van der Waals surface area contributed by atoms with Crippen LogP contribution in [0.1, 0.15) is 71.4 Å². The molecule has 3 heterocycles. The van der Waals surface area contributed by atoms with Crippen molar-refractivity contribution in [2.75, 3.05) is 0 Å². The Balaban J connectivity index is 0.0000144. The van der Waals surface area contributed by atoms with Crippen molar-refractivity contribution in [2.24, 2.45) is 0 Å². The summed E-state index contributed by atoms with van der Waals surface area (Å²) in [6, 6.07) is -14.3. The number of benzene rings is 13. The Morgan fingerprint density at radius 1 is 0.436 bits per heavy atom. The molecule has 5 nitrogen and oxygen atoms in total. The molecule has 0 amide bonds. The predicted octanol–water partition coefficient (Wildman–Crippen LogP) is 14.3. The van der Waals surface area contributed by atoms with Crippen molar-refractivity contribution in [3.8, 4) is 50.9 Å². The van der Waals surface area contributed by atoms with Crippen molar-refractivity contribution in [3.05, 3.63) is 369 Å². The van der Waals surface area contributed by atoms with Gasteiger partial charge in [-0.05, 0) is 106 Å². The van der Waals surface area contributed by atoms with Crippen molar-refractivity contribution in [1.29, 1.82) is 0 Å². The predicted molar refractivity (Wildman–Crippen MR) is 388 cm³/mol. The summed E-state index contributed by atoms with van der Waals surface area (Å²) in [6.07, 6.45) is 4.04. The number of pyridine rings is 1. The Morgan fingerprint density at radius 3 is 1.48 bits per heavy atom. The first-order valence-corrected chi connectivity index (χ1v) is 32.1. The van der Waals surface area contributed by atoms with Crippen LogP contribution in [0.3, 0.4) is 0 Å². The molecule has 8 heteroatoms. The normalized spacial score (nSPS) is 18.5. The Hall–Kier alpha value is -10.8. The second kappa shape index (κ2) is 25.4. The van der Waals surface area contributed by atoms with E-state index in [4.69, 9.17) is 38.5 Å². The summed E-state index contributed by atoms with van der Waals surface area (Å²) < 4.78 is 422. The third kappa shape index (κ3) is 10.3. The van der Waals surface area contributed by atoms with Crippen LogP contribution in [-0.2, 0) is 21.1 Å². The zero-order valence-electron chi connectivity index (χ0n) is 91.9. The number of imidazole rings is 1. The monoisotopic (exact) mass is 1460 g/mol. The first-order chi connectivity index (χ1) is 64.1. The molecule has 0 atom stereocenters. The molecular weight excluding hydrogens is 1360 g/mol. The average molecular weight is 1460 g/mol. The molecule has 0 aliphatic heterocycles. The second-order valence-corrected chi connectivity index (χ2v) is 27.5. The number of aromatic nitrogens is 4. The van der Waals surface area contributed by atoms with Crippen LogP contribution in [0.15, 0.2) is 339 Å². The summed E-state index contributed by atoms with van der Waals surface area (Å²) in [6.45, 7) is -6.60. The van der Waals surface area contributed by atoms with E-state index in [0.717, 1.165) is 18.3 Å². The fourth-order valence-electron chi connectivity index (χ4n) is 11.5. The van der Waals surface area contributed by atoms with Gasteiger partial charge in [-0.2, -0.15) is 18.2 Å². The SMILES string of the molecule is [2H]c1c([2H])c([2H])c([Si](c2c([2H])c([2H])c([2H])c([2H])c2[2H])(c2c([2H])c([2H])c([2H])c([2H])c2[2H])c2c([2H])c([2H])c([2H])c(-c3cnc(-n4c5[c-]c(Oc6[c-]c(-n7[c-][n+](-c8c(-c9c([2H])c([2H])c([2H])c([Si](c%10c([2H])c([2H])c([2H])c([2H])c%10[2H])(c%10c([2H])c([2H])c([2H])c([2H])c%10[2H])c%10c([2H])c([2H])c([2H])c([2H])c%10[2H])c9[2H])cccc8C([2H])([2H])[2H])c8ccccc87)ccc6)ccc5c5ccccc54)cc3C([2H])([2H])[2H])c2[2H])c([2H])c1[2H].[Pt]. The molecule has 0 unspecified atom stereocenters. The zero-order valence-corrected chi connectivity index (χ0v) is 52.2. The van der Waals surface area contributed by atoms with Crippen LogP contribution in [0.4, 0.5) is 0 Å². The van der Waals surface area contributed by atoms with E-state index < -0.39 is 340 Å². The molecule has 0 fully saturated rings. The Labute approximate surface area is 626 Å². The van der Waals surface area contributed by atoms with Crippen LogP contribution in [0.25, 0.3) is 72.3 Å². The van der Waals surface area contributed by atoms with Crippen molar-refractivity contribution >= 4 is 90.5 Å². The van der Waals surface area contributed by atoms with Gasteiger partial charge in [0.1, 0.15) is 5.82 Å². The zero-order chi connectivity index (χ0) is 100. The standard InChI is InChI=1S/C86H62N4OSi2.Pt/c1-62-29-25-49-77(64-30-26-46-75(56-64)92(69-34-9-3-10-35-69,70-36-11-4-12-37-70)71-38-13-5-14-39-71)86(62)89-61-88(82-51-23-24-52-83(82)89)66-32-28-33-67(58-66)91-68-53-54-79-78-48-21-22-50-81(78)90(84(79)59-68)85-55-63(2)80(60-87-85)65-31-27-47-76(57-65)93(72-40-15-6-16-41-72,73-42-17-7-18-43-73)74-44-19-8-20-45-74;/h3-57,60H,1-2H3;/q-2;/i1D3,2D3,3D,4D,5D,6D,7D,8D,9D,10D,11D,12D,13D,14D,15D,16D,17D,18D,19D,20D,26D,27D,30D,31D,34D,35D,36D,37D,38D,39D,40D,41D,42D,43D,44D,45D,46D,47D,56D,57D;. The topological polar surface area (TPSA) is 35.9 Å². The second-order valence-electron chi connectivity index (χ2n) is 20.5. The molecule has 0 saturated heterocycles. The third-order valence-electron chi connectivity index (χ3n) is 15.5. The molecule has 452 valence electrons. The maximum absolute atomic E-state index is 10.7. The van der Waals surface area contributed by atoms with E-state index in [2.05, 4.69) is 18.5 Å². The van der Waals surface area contributed by atoms with Crippen molar-refractivity contribution in [2.45, 2.75) is 13.7 Å². The van der Waals surface area contributed by atoms with Crippen LogP contribution in [0.2, 0.25) is 0 Å². The van der Waals surface area contributed by atoms with Crippen LogP contribution < -0.4 is 50.8 Å². The van der Waals surface area contributed by atoms with E-state index in [0.29, 0.717) is 16.3 Å². The smallest absolute Gasteiger partial charge is 0.268 e. The number of nitrogens with zero attached hydrogens (tertiary/aromatic N) is 4. The molecule has 94 heavy (non-hydrogen) atoms. The molecule has 0 bridgehead atoms. The van der Waals surface area contributed by atoms with Gasteiger partial charge in [0, 0.05) is 58.1 Å². The van der Waals surface area contributed by atoms with Gasteiger partial charge in [-0.25, -0.2) is 4.98 Å². The average Bonchev–Trinajstić information content (AvgIpc) is 0.829. The molecule has 3 aromatic heterocycles. The molecule has 16 aromatic rings. The van der Waals surface area contributed by atoms with E-state index in [1.54, 1.807) is 48.5 Å². The van der Waals surface area contributed by atoms with Gasteiger partial charge in [-0.15, -0.1) is 29.7 Å². The molecule has 0 spiro atoms. The molecule has 0 aliphatic rings. The molecule has 0 radical (unpaired) electrons. The van der Waals surface area contributed by atoms with E-state index >= 15 is 0 Å². The minimum Gasteiger partial charge on any atom is -0.510 e. The van der Waals surface area contributed by atoms with E-state index in [9.17, 15) is 31.5 Å². The van der Waals surface area contributed by atoms with E-state index in [-0.39, 0.29) is 60.6 Å². The number of fused-ring (bicyclic) bond motifs is 4. The molecular formula is C86H62N4OPtSi2-2. The quantitative estimate of drug-likeness (QED) is 0.0444. The van der Waals surface area contributed by atoms with Gasteiger partial charge >= 0.3 is 0 Å². The first-order valence-electron chi connectivity index (χ1n) is 50.1. The summed E-state index contributed by atoms with van der Waals surface area (Å²) in [5.41, 5.74) is -3.90. The van der Waals surface area contributed by atoms with Crippen LogP contribution >= 0.6 is 0 Å². The maximum atomic E-state index is 10.7. The summed E-state index contributed by atoms with van der Waals surface area (Å²) in [7, 11) is -12.8. The van der Waals surface area contributed by atoms with E-state index in [1.807, 2.05) is 0 Å². The van der Waals surface area contributed by atoms with Crippen molar-refractivity contribution < 1.29 is 90.7 Å². The fourth-order valence-corrected chi connectivity index (χ4v) is 18.7. The minimum atomic E-state index is -6.43. The van der Waals surface area contributed by atoms with Gasteiger partial charge < -0.3 is 13.9 Å². The molecule has 16 rings (SSSR count).